The molecule has 0 bridgehead atoms. The summed E-state index contributed by atoms with van der Waals surface area (Å²) in [5, 5.41) is 0. The summed E-state index contributed by atoms with van der Waals surface area (Å²) in [4.78, 5) is 11.8. The molecule has 0 aliphatic carbocycles. The SMILES string of the molecule is CCO[Si](OCC)(OCC)C(=CC=O)[Si](OCC)(OCC)OCC. The average molecular weight is 381 g/mol. The Morgan fingerprint density at radius 3 is 1.04 bits per heavy atom. The van der Waals surface area contributed by atoms with E-state index in [2.05, 4.69) is 0 Å². The van der Waals surface area contributed by atoms with Gasteiger partial charge in [0.2, 0.25) is 0 Å². The van der Waals surface area contributed by atoms with Crippen LogP contribution in [0.4, 0.5) is 0 Å². The Kier molecular flexibility index (Phi) is 12.7. The summed E-state index contributed by atoms with van der Waals surface area (Å²) >= 11 is 0. The second-order valence-corrected chi connectivity index (χ2v) is 9.96. The van der Waals surface area contributed by atoms with Crippen molar-refractivity contribution in [3.63, 3.8) is 0 Å². The van der Waals surface area contributed by atoms with E-state index >= 15 is 0 Å². The van der Waals surface area contributed by atoms with E-state index in [1.165, 1.54) is 6.08 Å². The van der Waals surface area contributed by atoms with Gasteiger partial charge in [0.15, 0.2) is 0 Å². The van der Waals surface area contributed by atoms with Crippen LogP contribution in [-0.2, 0) is 31.4 Å². The standard InChI is InChI=1S/C15H32O7Si2/c1-7-17-23(18-8-2,19-9-3)15(13-14-16)24(20-10-4,21-11-5)22-12-6/h13-14H,7-12H2,1-6H3. The maximum atomic E-state index is 11.4. The first kappa shape index (κ1) is 23.6. The molecule has 0 aliphatic rings. The highest BCUT2D eigenvalue weighted by Crippen LogP contribution is 2.31. The first-order valence-corrected chi connectivity index (χ1v) is 12.0. The Balaban J connectivity index is 6.28. The van der Waals surface area contributed by atoms with Crippen molar-refractivity contribution in [3.05, 3.63) is 10.9 Å². The molecule has 7 nitrogen and oxygen atoms in total. The van der Waals surface area contributed by atoms with Gasteiger partial charge < -0.3 is 26.6 Å². The molecule has 0 heterocycles. The van der Waals surface area contributed by atoms with Crippen LogP contribution in [0.2, 0.25) is 0 Å². The highest BCUT2D eigenvalue weighted by Gasteiger charge is 2.61. The molecule has 0 unspecified atom stereocenters. The minimum absolute atomic E-state index is 0.372. The van der Waals surface area contributed by atoms with E-state index in [0.717, 1.165) is 0 Å². The Morgan fingerprint density at radius 2 is 0.875 bits per heavy atom. The van der Waals surface area contributed by atoms with Crippen molar-refractivity contribution in [1.82, 2.24) is 0 Å². The average Bonchev–Trinajstić information content (AvgIpc) is 2.54. The van der Waals surface area contributed by atoms with Crippen LogP contribution in [0, 0.1) is 0 Å². The van der Waals surface area contributed by atoms with E-state index in [1.807, 2.05) is 41.5 Å². The number of carbonyl (C=O) groups is 1. The third-order valence-electron chi connectivity index (χ3n) is 2.90. The molecule has 0 aromatic heterocycles. The number of rotatable bonds is 15. The van der Waals surface area contributed by atoms with Gasteiger partial charge in [0.25, 0.3) is 0 Å². The summed E-state index contributed by atoms with van der Waals surface area (Å²) in [5.74, 6) is 0. The van der Waals surface area contributed by atoms with E-state index in [0.29, 0.717) is 50.7 Å². The smallest absolute Gasteiger partial charge is 0.371 e. The predicted molar refractivity (Wildman–Crippen MR) is 95.4 cm³/mol. The highest BCUT2D eigenvalue weighted by molar-refractivity contribution is 6.92. The fourth-order valence-electron chi connectivity index (χ4n) is 2.32. The molecule has 0 amide bonds. The van der Waals surface area contributed by atoms with Gasteiger partial charge in [0.05, 0.1) is 4.82 Å². The van der Waals surface area contributed by atoms with Crippen molar-refractivity contribution in [2.75, 3.05) is 39.6 Å². The van der Waals surface area contributed by atoms with Crippen LogP contribution in [0.1, 0.15) is 41.5 Å². The zero-order chi connectivity index (χ0) is 18.5. The topological polar surface area (TPSA) is 72.5 Å². The molecular weight excluding hydrogens is 348 g/mol. The number of hydrogen-bond acceptors (Lipinski definition) is 7. The maximum Gasteiger partial charge on any atom is 0.536 e. The van der Waals surface area contributed by atoms with E-state index in [9.17, 15) is 4.79 Å². The minimum atomic E-state index is -3.38. The van der Waals surface area contributed by atoms with Crippen molar-refractivity contribution in [2.45, 2.75) is 41.5 Å². The predicted octanol–water partition coefficient (Wildman–Crippen LogP) is 2.29. The zero-order valence-corrected chi connectivity index (χ0v) is 17.8. The number of carbonyl (C=O) groups excluding carboxylic acids is 1. The summed E-state index contributed by atoms with van der Waals surface area (Å²) in [6, 6.07) is 0. The molecule has 0 spiro atoms. The molecule has 9 heteroatoms. The van der Waals surface area contributed by atoms with Gasteiger partial charge in [-0.3, -0.25) is 4.79 Å². The van der Waals surface area contributed by atoms with Crippen molar-refractivity contribution < 1.29 is 31.4 Å². The molecule has 0 aromatic carbocycles. The normalized spacial score (nSPS) is 12.2. The largest absolute Gasteiger partial charge is 0.536 e. The second kappa shape index (κ2) is 12.9. The van der Waals surface area contributed by atoms with Crippen molar-refractivity contribution in [3.8, 4) is 0 Å². The van der Waals surface area contributed by atoms with Crippen LogP contribution in [0.25, 0.3) is 0 Å². The molecule has 0 fully saturated rings. The second-order valence-electron chi connectivity index (χ2n) is 4.43. The fraction of sp³-hybridized carbons (Fsp3) is 0.800. The van der Waals surface area contributed by atoms with E-state index in [-0.39, 0.29) is 0 Å². The van der Waals surface area contributed by atoms with Crippen molar-refractivity contribution in [2.24, 2.45) is 0 Å². The highest BCUT2D eigenvalue weighted by atomic mass is 28.5. The maximum absolute atomic E-state index is 11.4. The van der Waals surface area contributed by atoms with Gasteiger partial charge >= 0.3 is 17.6 Å². The van der Waals surface area contributed by atoms with Gasteiger partial charge in [0, 0.05) is 39.6 Å². The Hall–Kier alpha value is -0.396. The van der Waals surface area contributed by atoms with Crippen LogP contribution in [0.15, 0.2) is 10.9 Å². The third-order valence-corrected chi connectivity index (χ3v) is 10.4. The fourth-order valence-corrected chi connectivity index (χ4v) is 9.37. The first-order chi connectivity index (χ1) is 11.6. The van der Waals surface area contributed by atoms with Gasteiger partial charge in [-0.1, -0.05) is 0 Å². The summed E-state index contributed by atoms with van der Waals surface area (Å²) in [5.41, 5.74) is 0. The molecule has 0 N–H and O–H groups in total. The van der Waals surface area contributed by atoms with E-state index < -0.39 is 17.6 Å². The van der Waals surface area contributed by atoms with Crippen molar-refractivity contribution >= 4 is 23.9 Å². The molecule has 0 atom stereocenters. The van der Waals surface area contributed by atoms with Gasteiger partial charge in [0.1, 0.15) is 6.29 Å². The molecule has 0 radical (unpaired) electrons. The molecule has 24 heavy (non-hydrogen) atoms. The van der Waals surface area contributed by atoms with Gasteiger partial charge in [-0.15, -0.1) is 0 Å². The van der Waals surface area contributed by atoms with Crippen molar-refractivity contribution in [1.29, 1.82) is 0 Å². The molecule has 0 saturated heterocycles. The monoisotopic (exact) mass is 380 g/mol. The van der Waals surface area contributed by atoms with Crippen LogP contribution >= 0.6 is 0 Å². The summed E-state index contributed by atoms with van der Waals surface area (Å²) in [7, 11) is -6.75. The molecule has 0 rings (SSSR count). The molecule has 142 valence electrons. The Bertz CT molecular complexity index is 315. The summed E-state index contributed by atoms with van der Waals surface area (Å²) in [6.45, 7) is 13.3. The van der Waals surface area contributed by atoms with Crippen LogP contribution in [0.3, 0.4) is 0 Å². The Morgan fingerprint density at radius 1 is 0.625 bits per heavy atom. The lowest BCUT2D eigenvalue weighted by molar-refractivity contribution is -0.104. The quantitative estimate of drug-likeness (QED) is 0.245. The summed E-state index contributed by atoms with van der Waals surface area (Å²) < 4.78 is 35.6. The lowest BCUT2D eigenvalue weighted by Crippen LogP contribution is -2.62. The zero-order valence-electron chi connectivity index (χ0n) is 15.8. The lowest BCUT2D eigenvalue weighted by Gasteiger charge is -2.37. The number of hydrogen-bond donors (Lipinski definition) is 0. The van der Waals surface area contributed by atoms with Crippen LogP contribution < -0.4 is 0 Å². The lowest BCUT2D eigenvalue weighted by atomic mass is 10.7. The van der Waals surface area contributed by atoms with E-state index in [4.69, 9.17) is 26.6 Å². The molecular formula is C15H32O7Si2. The number of aldehydes is 1. The number of allylic oxidation sites excluding steroid dienone is 1. The van der Waals surface area contributed by atoms with Gasteiger partial charge in [-0.25, -0.2) is 0 Å². The molecule has 0 aliphatic heterocycles. The van der Waals surface area contributed by atoms with E-state index in [1.54, 1.807) is 0 Å². The van der Waals surface area contributed by atoms with Crippen LogP contribution in [-0.4, -0.2) is 63.5 Å². The van der Waals surface area contributed by atoms with Gasteiger partial charge in [-0.2, -0.15) is 0 Å². The summed E-state index contributed by atoms with van der Waals surface area (Å²) in [6.07, 6.45) is 2.05. The molecule has 0 aromatic rings. The Labute approximate surface area is 148 Å². The minimum Gasteiger partial charge on any atom is -0.371 e. The van der Waals surface area contributed by atoms with Gasteiger partial charge in [-0.05, 0) is 47.6 Å². The first-order valence-electron chi connectivity index (χ1n) is 8.56. The molecule has 0 saturated carbocycles. The van der Waals surface area contributed by atoms with Crippen LogP contribution in [0.5, 0.6) is 0 Å². The third kappa shape index (κ3) is 6.15.